The first-order chi connectivity index (χ1) is 40.0. The lowest BCUT2D eigenvalue weighted by Crippen LogP contribution is -2.61. The Morgan fingerprint density at radius 2 is 1.61 bits per heavy atom. The van der Waals surface area contributed by atoms with Crippen LogP contribution in [0.1, 0.15) is 124 Å². The number of likely N-dealkylation sites (N-methyl/N-ethyl adjacent to an activating group) is 1. The van der Waals surface area contributed by atoms with E-state index in [1.807, 2.05) is 38.9 Å². The van der Waals surface area contributed by atoms with E-state index in [4.69, 9.17) is 42.7 Å². The number of carbonyl (C=O) groups excluding carboxylic acids is 2. The van der Waals surface area contributed by atoms with Crippen molar-refractivity contribution in [3.8, 4) is 0 Å². The van der Waals surface area contributed by atoms with E-state index in [1.165, 1.54) is 20.2 Å². The van der Waals surface area contributed by atoms with Crippen LogP contribution in [0.15, 0.2) is 34.3 Å². The highest BCUT2D eigenvalue weighted by Crippen LogP contribution is 2.42. The van der Waals surface area contributed by atoms with Crippen molar-refractivity contribution in [2.75, 3.05) is 92.9 Å². The number of fused-ring (bicyclic) bond motifs is 1. The molecule has 5 heterocycles. The van der Waals surface area contributed by atoms with Gasteiger partial charge in [0.05, 0.1) is 72.9 Å². The first-order valence-corrected chi connectivity index (χ1v) is 30.3. The Kier molecular flexibility index (Phi) is 24.8. The lowest BCUT2D eigenvalue weighted by Gasteiger charge is -2.49. The number of morpholine rings is 1. The molecule has 0 aliphatic carbocycles. The summed E-state index contributed by atoms with van der Waals surface area (Å²) in [5, 5.41) is 69.0. The lowest BCUT2D eigenvalue weighted by atomic mass is 9.73. The van der Waals surface area contributed by atoms with E-state index in [1.54, 1.807) is 84.4 Å². The number of aromatic carboxylic acids is 1. The van der Waals surface area contributed by atoms with Crippen LogP contribution < -0.4 is 15.8 Å². The number of esters is 2. The number of aliphatic hydroxyl groups is 4. The van der Waals surface area contributed by atoms with Crippen molar-refractivity contribution < 1.29 is 82.6 Å². The second-order valence-electron chi connectivity index (χ2n) is 25.2. The van der Waals surface area contributed by atoms with Crippen molar-refractivity contribution in [1.29, 1.82) is 0 Å². The monoisotopic (exact) mass is 1200 g/mol. The molecule has 6 rings (SSSR count). The maximum Gasteiger partial charge on any atom is 0.341 e. The molecular formula is C61H100N6O18. The number of carbonyl (C=O) groups is 3. The molecule has 2 aromatic rings. The summed E-state index contributed by atoms with van der Waals surface area (Å²) in [5.74, 6) is -6.14. The Hall–Kier alpha value is -4.41. The molecule has 4 fully saturated rings. The van der Waals surface area contributed by atoms with E-state index >= 15 is 0 Å². The van der Waals surface area contributed by atoms with Crippen molar-refractivity contribution in [3.05, 3.63) is 45.7 Å². The molecular weight excluding hydrogens is 1100 g/mol. The maximum absolute atomic E-state index is 14.8. The third-order valence-corrected chi connectivity index (χ3v) is 17.9. The number of carboxylic acids is 1. The molecule has 0 unspecified atom stereocenters. The molecule has 482 valence electrons. The van der Waals surface area contributed by atoms with Crippen LogP contribution in [0.3, 0.4) is 0 Å². The van der Waals surface area contributed by atoms with E-state index in [2.05, 4.69) is 15.4 Å². The fourth-order valence-electron chi connectivity index (χ4n) is 12.8. The molecule has 18 atom stereocenters. The van der Waals surface area contributed by atoms with Gasteiger partial charge in [-0.1, -0.05) is 38.9 Å². The van der Waals surface area contributed by atoms with Gasteiger partial charge in [0, 0.05) is 89.2 Å². The zero-order valence-electron chi connectivity index (χ0n) is 52.9. The summed E-state index contributed by atoms with van der Waals surface area (Å²) in [4.78, 5) is 63.4. The van der Waals surface area contributed by atoms with Gasteiger partial charge in [-0.25, -0.2) is 4.79 Å². The minimum absolute atomic E-state index is 0.0115. The smallest absolute Gasteiger partial charge is 0.341 e. The first-order valence-electron chi connectivity index (χ1n) is 30.3. The van der Waals surface area contributed by atoms with Gasteiger partial charge in [-0.15, -0.1) is 0 Å². The van der Waals surface area contributed by atoms with Crippen LogP contribution >= 0.6 is 0 Å². The van der Waals surface area contributed by atoms with E-state index in [-0.39, 0.29) is 50.0 Å². The van der Waals surface area contributed by atoms with Gasteiger partial charge in [-0.3, -0.25) is 24.0 Å². The van der Waals surface area contributed by atoms with Gasteiger partial charge in [-0.05, 0) is 112 Å². The Morgan fingerprint density at radius 3 is 2.25 bits per heavy atom. The lowest BCUT2D eigenvalue weighted by molar-refractivity contribution is -0.318. The van der Waals surface area contributed by atoms with Gasteiger partial charge in [0.2, 0.25) is 5.43 Å². The largest absolute Gasteiger partial charge is 0.477 e. The molecule has 4 aliphatic heterocycles. The molecule has 85 heavy (non-hydrogen) atoms. The van der Waals surface area contributed by atoms with Crippen molar-refractivity contribution >= 4 is 34.5 Å². The number of aliphatic hydroxyl groups excluding tert-OH is 2. The molecule has 0 saturated carbocycles. The number of hydrogen-bond donors (Lipinski definition) is 6. The highest BCUT2D eigenvalue weighted by atomic mass is 16.7. The minimum Gasteiger partial charge on any atom is -0.477 e. The highest BCUT2D eigenvalue weighted by Gasteiger charge is 2.54. The number of nitrogens with zero attached hydrogens (tertiary/aromatic N) is 5. The van der Waals surface area contributed by atoms with Crippen LogP contribution in [-0.2, 0) is 58.7 Å². The van der Waals surface area contributed by atoms with E-state index in [9.17, 15) is 44.7 Å². The van der Waals surface area contributed by atoms with Crippen molar-refractivity contribution in [3.63, 3.8) is 0 Å². The van der Waals surface area contributed by atoms with Gasteiger partial charge in [0.25, 0.3) is 0 Å². The Balaban J connectivity index is 1.21. The number of oxime groups is 1. The second kappa shape index (κ2) is 30.2. The zero-order valence-corrected chi connectivity index (χ0v) is 52.9. The van der Waals surface area contributed by atoms with Gasteiger partial charge in [0.1, 0.15) is 35.6 Å². The minimum atomic E-state index is -2.01. The van der Waals surface area contributed by atoms with Gasteiger partial charge in [0.15, 0.2) is 18.7 Å². The fraction of sp³-hybridized carbons (Fsp3) is 0.787. The van der Waals surface area contributed by atoms with E-state index in [0.717, 1.165) is 18.7 Å². The normalized spacial score (nSPS) is 36.2. The average Bonchev–Trinajstić information content (AvgIpc) is 2.34. The average molecular weight is 1210 g/mol. The Morgan fingerprint density at radius 1 is 0.918 bits per heavy atom. The summed E-state index contributed by atoms with van der Waals surface area (Å²) in [6.07, 6.45) is -7.56. The molecule has 0 spiro atoms. The summed E-state index contributed by atoms with van der Waals surface area (Å²) in [6.45, 7) is 21.4. The summed E-state index contributed by atoms with van der Waals surface area (Å²) in [5.41, 5.74) is -4.08. The quantitative estimate of drug-likeness (QED) is 0.0594. The van der Waals surface area contributed by atoms with E-state index in [0.29, 0.717) is 68.7 Å². The van der Waals surface area contributed by atoms with Crippen LogP contribution in [0.5, 0.6) is 0 Å². The van der Waals surface area contributed by atoms with Gasteiger partial charge >= 0.3 is 17.9 Å². The molecule has 24 heteroatoms. The molecule has 0 amide bonds. The third-order valence-electron chi connectivity index (χ3n) is 17.9. The number of hydrogen-bond acceptors (Lipinski definition) is 22. The topological polar surface area (TPSA) is 292 Å². The molecule has 4 aliphatic rings. The molecule has 1 aromatic carbocycles. The van der Waals surface area contributed by atoms with Crippen LogP contribution in [0.25, 0.3) is 10.9 Å². The third kappa shape index (κ3) is 17.1. The molecule has 4 saturated heterocycles. The van der Waals surface area contributed by atoms with Crippen LogP contribution in [0.2, 0.25) is 0 Å². The van der Waals surface area contributed by atoms with Crippen LogP contribution in [0, 0.1) is 23.7 Å². The highest BCUT2D eigenvalue weighted by molar-refractivity contribution is 5.93. The number of carboxylic acid groups (broad SMARTS) is 1. The predicted molar refractivity (Wildman–Crippen MR) is 317 cm³/mol. The van der Waals surface area contributed by atoms with Gasteiger partial charge < -0.3 is 83.5 Å². The summed E-state index contributed by atoms with van der Waals surface area (Å²) in [6, 6.07) is 5.07. The number of aryl methyl sites for hydroxylation is 1. The molecule has 6 N–H and O–H groups in total. The summed E-state index contributed by atoms with van der Waals surface area (Å²) >= 11 is 0. The predicted octanol–water partition coefficient (Wildman–Crippen LogP) is 3.30. The van der Waals surface area contributed by atoms with E-state index < -0.39 is 119 Å². The standard InChI is InChI=1S/C61H100N6O18/c1-16-46-61(10,76)53(71)37(4)49(63-79-29-26-66-24-27-78-28-25-66)35(2)32-59(8,75)54(85-58-51(70)45(64(11)12)30-36(3)80-58)38(5)52(39(6)57(74)82-46)84-48-33-60(9,77-15)55(40(7)81-48)83-47(68)21-23-62-22-17-18-41-19-20-44-42(31-41)50(69)43(56(72)73)34-67(44)65(13)14/h19-20,31,34-40,45-46,48,51-55,58,62,70-71,75-76H,16-18,21-30,32-33H2,1-15H3,(H,72,73)/b63-49+/t35-,36-,37-,38+,39-,40+,45+,46-,48+,51-,52+,53-,54-,55+,58+,59-,60-,61-/m1/s1. The summed E-state index contributed by atoms with van der Waals surface area (Å²) < 4.78 is 52.3. The Bertz CT molecular complexity index is 2610. The zero-order chi connectivity index (χ0) is 62.9. The van der Waals surface area contributed by atoms with Crippen molar-refractivity contribution in [2.45, 2.75) is 198 Å². The molecule has 0 bridgehead atoms. The molecule has 0 radical (unpaired) electrons. The number of ether oxygens (including phenoxy) is 8. The fourth-order valence-corrected chi connectivity index (χ4v) is 12.8. The number of pyridine rings is 1. The number of methoxy groups -OCH3 is 1. The van der Waals surface area contributed by atoms with Crippen LogP contribution in [0.4, 0.5) is 0 Å². The van der Waals surface area contributed by atoms with Crippen molar-refractivity contribution in [1.82, 2.24) is 19.8 Å². The molecule has 1 aromatic heterocycles. The first kappa shape index (κ1) is 69.7. The SMILES string of the molecule is CC[C@H]1OC(=O)[C@H](C)[C@@H](O[C@H]2C[C@@](C)(OC)[C@@H](OC(=O)CCNCCCc3ccc4c(c3)c(=O)c(C(=O)O)cn4N(C)C)[C@H](C)O2)[C@H](C)[C@@H](O[C@@H]2O[C@H](C)C[C@H](N(C)C)[C@H]2O)[C@](C)(O)C[C@@H](C)/C(=N\OCCN2CCOCC2)[C@@H](C)[C@@H](O)[C@]1(C)O. The number of cyclic esters (lactones) is 1. The Labute approximate surface area is 501 Å². The second-order valence-corrected chi connectivity index (χ2v) is 25.2. The van der Waals surface area contributed by atoms with Crippen LogP contribution in [-0.4, -0.2) is 236 Å². The number of aromatic nitrogens is 1. The van der Waals surface area contributed by atoms with Gasteiger partial charge in [-0.2, -0.15) is 0 Å². The maximum atomic E-state index is 14.8. The molecule has 24 nitrogen and oxygen atoms in total. The van der Waals surface area contributed by atoms with Crippen molar-refractivity contribution in [2.24, 2.45) is 28.8 Å². The summed E-state index contributed by atoms with van der Waals surface area (Å²) in [7, 11) is 8.73. The number of nitrogens with one attached hydrogen (secondary N) is 1. The number of benzene rings is 1. The number of rotatable bonds is 21.